The first-order valence-corrected chi connectivity index (χ1v) is 6.61. The Morgan fingerprint density at radius 1 is 1.39 bits per heavy atom. The van der Waals surface area contributed by atoms with Crippen LogP contribution in [0.1, 0.15) is 37.8 Å². The van der Waals surface area contributed by atoms with Gasteiger partial charge in [-0.2, -0.15) is 0 Å². The summed E-state index contributed by atoms with van der Waals surface area (Å²) in [4.78, 5) is 14.9. The van der Waals surface area contributed by atoms with Gasteiger partial charge in [-0.25, -0.2) is 4.79 Å². The highest BCUT2D eigenvalue weighted by molar-refractivity contribution is 5.76. The largest absolute Gasteiger partial charge is 0.326 e. The maximum absolute atomic E-state index is 11.9. The van der Waals surface area contributed by atoms with E-state index in [4.69, 9.17) is 0 Å². The molecule has 1 atom stereocenters. The highest BCUT2D eigenvalue weighted by atomic mass is 16.1. The monoisotopic (exact) mass is 245 g/mol. The number of H-pyrrole nitrogens is 1. The van der Waals surface area contributed by atoms with Gasteiger partial charge < -0.3 is 10.3 Å². The van der Waals surface area contributed by atoms with E-state index >= 15 is 0 Å². The van der Waals surface area contributed by atoms with Crippen molar-refractivity contribution in [3.05, 3.63) is 34.2 Å². The van der Waals surface area contributed by atoms with E-state index in [2.05, 4.69) is 28.5 Å². The number of aromatic nitrogens is 2. The Labute approximate surface area is 106 Å². The zero-order chi connectivity index (χ0) is 12.7. The lowest BCUT2D eigenvalue weighted by atomic mass is 9.98. The van der Waals surface area contributed by atoms with Crippen molar-refractivity contribution in [2.24, 2.45) is 0 Å². The zero-order valence-electron chi connectivity index (χ0n) is 10.9. The van der Waals surface area contributed by atoms with E-state index in [1.165, 1.54) is 12.0 Å². The average Bonchev–Trinajstić information content (AvgIpc) is 2.92. The van der Waals surface area contributed by atoms with E-state index in [0.29, 0.717) is 5.92 Å². The molecule has 0 aliphatic carbocycles. The molecular formula is C14H19N3O. The van der Waals surface area contributed by atoms with Gasteiger partial charge in [0, 0.05) is 12.6 Å². The molecule has 0 radical (unpaired) electrons. The quantitative estimate of drug-likeness (QED) is 0.850. The molecule has 18 heavy (non-hydrogen) atoms. The number of fused-ring (bicyclic) bond motifs is 1. The molecule has 96 valence electrons. The molecule has 2 heterocycles. The summed E-state index contributed by atoms with van der Waals surface area (Å²) in [6, 6.07) is 6.55. The number of rotatable bonds is 2. The zero-order valence-corrected chi connectivity index (χ0v) is 10.9. The van der Waals surface area contributed by atoms with E-state index in [-0.39, 0.29) is 11.7 Å². The molecule has 2 aromatic rings. The SMILES string of the molecule is CC(C)n1c(=O)[nH]c2cc(C3CCNC3)ccc21. The van der Waals surface area contributed by atoms with Crippen LogP contribution in [-0.4, -0.2) is 22.6 Å². The number of nitrogens with one attached hydrogen (secondary N) is 2. The van der Waals surface area contributed by atoms with Gasteiger partial charge in [0.2, 0.25) is 0 Å². The lowest BCUT2D eigenvalue weighted by molar-refractivity contribution is 0.598. The van der Waals surface area contributed by atoms with E-state index in [9.17, 15) is 4.79 Å². The molecule has 2 N–H and O–H groups in total. The molecule has 1 fully saturated rings. The molecular weight excluding hydrogens is 226 g/mol. The topological polar surface area (TPSA) is 49.8 Å². The third kappa shape index (κ3) is 1.77. The van der Waals surface area contributed by atoms with Gasteiger partial charge in [0.15, 0.2) is 0 Å². The first kappa shape index (κ1) is 11.5. The van der Waals surface area contributed by atoms with Crippen molar-refractivity contribution in [1.82, 2.24) is 14.9 Å². The molecule has 0 saturated carbocycles. The van der Waals surface area contributed by atoms with Crippen LogP contribution in [0.15, 0.2) is 23.0 Å². The fraction of sp³-hybridized carbons (Fsp3) is 0.500. The number of hydrogen-bond donors (Lipinski definition) is 2. The summed E-state index contributed by atoms with van der Waals surface area (Å²) in [6.07, 6.45) is 1.18. The molecule has 0 bridgehead atoms. The highest BCUT2D eigenvalue weighted by Gasteiger charge is 2.18. The van der Waals surface area contributed by atoms with Crippen LogP contribution in [0, 0.1) is 0 Å². The van der Waals surface area contributed by atoms with Crippen LogP contribution in [0.2, 0.25) is 0 Å². The highest BCUT2D eigenvalue weighted by Crippen LogP contribution is 2.25. The summed E-state index contributed by atoms with van der Waals surface area (Å²) < 4.78 is 1.81. The van der Waals surface area contributed by atoms with Crippen LogP contribution < -0.4 is 11.0 Å². The number of benzene rings is 1. The smallest absolute Gasteiger partial charge is 0.316 e. The Kier molecular flexibility index (Phi) is 2.74. The van der Waals surface area contributed by atoms with E-state index in [1.54, 1.807) is 0 Å². The lowest BCUT2D eigenvalue weighted by Gasteiger charge is -2.10. The maximum atomic E-state index is 11.9. The third-order valence-electron chi connectivity index (χ3n) is 3.79. The molecule has 1 unspecified atom stereocenters. The van der Waals surface area contributed by atoms with Crippen LogP contribution in [0.25, 0.3) is 11.0 Å². The fourth-order valence-electron chi connectivity index (χ4n) is 2.85. The van der Waals surface area contributed by atoms with Gasteiger partial charge in [-0.15, -0.1) is 0 Å². The van der Waals surface area contributed by atoms with Crippen molar-refractivity contribution < 1.29 is 0 Å². The van der Waals surface area contributed by atoms with Gasteiger partial charge in [-0.1, -0.05) is 6.07 Å². The minimum absolute atomic E-state index is 0.0123. The Hall–Kier alpha value is -1.55. The van der Waals surface area contributed by atoms with Crippen molar-refractivity contribution in [3.8, 4) is 0 Å². The predicted molar refractivity (Wildman–Crippen MR) is 73.2 cm³/mol. The molecule has 0 spiro atoms. The molecule has 1 aromatic heterocycles. The summed E-state index contributed by atoms with van der Waals surface area (Å²) >= 11 is 0. The Bertz CT molecular complexity index is 617. The molecule has 4 heteroatoms. The normalized spacial score (nSPS) is 20.1. The van der Waals surface area contributed by atoms with Gasteiger partial charge in [0.05, 0.1) is 11.0 Å². The average molecular weight is 245 g/mol. The second-order valence-corrected chi connectivity index (χ2v) is 5.36. The van der Waals surface area contributed by atoms with Crippen LogP contribution in [0.4, 0.5) is 0 Å². The summed E-state index contributed by atoms with van der Waals surface area (Å²) in [5, 5.41) is 3.38. The van der Waals surface area contributed by atoms with Crippen molar-refractivity contribution in [2.45, 2.75) is 32.2 Å². The molecule has 1 aromatic carbocycles. The maximum Gasteiger partial charge on any atom is 0.326 e. The predicted octanol–water partition coefficient (Wildman–Crippen LogP) is 1.99. The van der Waals surface area contributed by atoms with E-state index < -0.39 is 0 Å². The second-order valence-electron chi connectivity index (χ2n) is 5.36. The van der Waals surface area contributed by atoms with Gasteiger partial charge in [-0.05, 0) is 50.4 Å². The van der Waals surface area contributed by atoms with Crippen LogP contribution in [0.3, 0.4) is 0 Å². The number of hydrogen-bond acceptors (Lipinski definition) is 2. The standard InChI is InChI=1S/C14H19N3O/c1-9(2)17-13-4-3-10(11-5-6-15-8-11)7-12(13)16-14(17)18/h3-4,7,9,11,15H,5-6,8H2,1-2H3,(H,16,18). The Morgan fingerprint density at radius 3 is 2.89 bits per heavy atom. The summed E-state index contributed by atoms with van der Waals surface area (Å²) in [5.41, 5.74) is 3.27. The molecule has 1 aliphatic heterocycles. The number of imidazole rings is 1. The molecule has 3 rings (SSSR count). The lowest BCUT2D eigenvalue weighted by Crippen LogP contribution is -2.18. The van der Waals surface area contributed by atoms with E-state index in [0.717, 1.165) is 24.1 Å². The molecule has 1 saturated heterocycles. The fourth-order valence-corrected chi connectivity index (χ4v) is 2.85. The minimum atomic E-state index is -0.0123. The first-order valence-electron chi connectivity index (χ1n) is 6.61. The van der Waals surface area contributed by atoms with Crippen molar-refractivity contribution in [3.63, 3.8) is 0 Å². The minimum Gasteiger partial charge on any atom is -0.316 e. The molecule has 4 nitrogen and oxygen atoms in total. The first-order chi connectivity index (χ1) is 8.66. The van der Waals surface area contributed by atoms with Crippen molar-refractivity contribution >= 4 is 11.0 Å². The second kappa shape index (κ2) is 4.28. The summed E-state index contributed by atoms with van der Waals surface area (Å²) in [5.74, 6) is 0.584. The van der Waals surface area contributed by atoms with Gasteiger partial charge in [-0.3, -0.25) is 4.57 Å². The molecule has 1 aliphatic rings. The summed E-state index contributed by atoms with van der Waals surface area (Å²) in [7, 11) is 0. The third-order valence-corrected chi connectivity index (χ3v) is 3.79. The van der Waals surface area contributed by atoms with Gasteiger partial charge >= 0.3 is 5.69 Å². The van der Waals surface area contributed by atoms with Crippen LogP contribution in [-0.2, 0) is 0 Å². The van der Waals surface area contributed by atoms with E-state index in [1.807, 2.05) is 18.4 Å². The van der Waals surface area contributed by atoms with Crippen molar-refractivity contribution in [2.75, 3.05) is 13.1 Å². The van der Waals surface area contributed by atoms with Gasteiger partial charge in [0.25, 0.3) is 0 Å². The van der Waals surface area contributed by atoms with Gasteiger partial charge in [0.1, 0.15) is 0 Å². The van der Waals surface area contributed by atoms with Crippen LogP contribution >= 0.6 is 0 Å². The number of aromatic amines is 1. The molecule has 0 amide bonds. The Balaban J connectivity index is 2.11. The Morgan fingerprint density at radius 2 is 2.22 bits per heavy atom. The van der Waals surface area contributed by atoms with Crippen molar-refractivity contribution in [1.29, 1.82) is 0 Å². The summed E-state index contributed by atoms with van der Waals surface area (Å²) in [6.45, 7) is 6.19. The van der Waals surface area contributed by atoms with Crippen LogP contribution in [0.5, 0.6) is 0 Å². The number of nitrogens with zero attached hydrogens (tertiary/aromatic N) is 1.